The van der Waals surface area contributed by atoms with Gasteiger partial charge >= 0.3 is 6.03 Å². The van der Waals surface area contributed by atoms with Gasteiger partial charge in [-0.1, -0.05) is 5.16 Å². The van der Waals surface area contributed by atoms with Crippen molar-refractivity contribution in [3.63, 3.8) is 0 Å². The van der Waals surface area contributed by atoms with E-state index in [2.05, 4.69) is 26.1 Å². The largest absolute Gasteiger partial charge is 0.374 e. The summed E-state index contributed by atoms with van der Waals surface area (Å²) in [5.74, 6) is 1.91. The molecule has 0 spiro atoms. The topological polar surface area (TPSA) is 92.1 Å². The van der Waals surface area contributed by atoms with Crippen LogP contribution in [0.15, 0.2) is 28.8 Å². The zero-order valence-corrected chi connectivity index (χ0v) is 13.6. The van der Waals surface area contributed by atoms with Crippen LogP contribution in [0.25, 0.3) is 0 Å². The molecule has 0 radical (unpaired) electrons. The fourth-order valence-corrected chi connectivity index (χ4v) is 2.47. The molecule has 1 aromatic carbocycles. The number of hydrogen-bond acceptors (Lipinski definition) is 5. The zero-order valence-electron chi connectivity index (χ0n) is 13.6. The van der Waals surface area contributed by atoms with E-state index < -0.39 is 0 Å². The maximum Gasteiger partial charge on any atom is 0.319 e. The van der Waals surface area contributed by atoms with Crippen molar-refractivity contribution in [1.29, 1.82) is 0 Å². The minimum Gasteiger partial charge on any atom is -0.374 e. The van der Waals surface area contributed by atoms with E-state index in [1.54, 1.807) is 0 Å². The summed E-state index contributed by atoms with van der Waals surface area (Å²) < 4.78 is 5.33. The van der Waals surface area contributed by atoms with Gasteiger partial charge in [0, 0.05) is 23.3 Å². The fourth-order valence-electron chi connectivity index (χ4n) is 2.47. The van der Waals surface area contributed by atoms with Crippen LogP contribution in [0.1, 0.15) is 56.3 Å². The molecule has 2 aliphatic rings. The molecule has 0 bridgehead atoms. The molecule has 0 unspecified atom stereocenters. The van der Waals surface area contributed by atoms with Crippen LogP contribution in [-0.4, -0.2) is 22.2 Å². The van der Waals surface area contributed by atoms with Gasteiger partial charge in [-0.2, -0.15) is 4.98 Å². The van der Waals surface area contributed by atoms with Gasteiger partial charge in [0.15, 0.2) is 5.82 Å². The van der Waals surface area contributed by atoms with E-state index >= 15 is 0 Å². The molecule has 4 rings (SSSR count). The Bertz CT molecular complexity index is 719. The third kappa shape index (κ3) is 3.67. The minimum absolute atomic E-state index is 0.0676. The zero-order chi connectivity index (χ0) is 16.5. The second kappa shape index (κ2) is 6.14. The number of hydrogen-bond donors (Lipinski definition) is 3. The van der Waals surface area contributed by atoms with Crippen LogP contribution in [0.2, 0.25) is 0 Å². The van der Waals surface area contributed by atoms with Gasteiger partial charge in [-0.25, -0.2) is 4.79 Å². The molecule has 7 heteroatoms. The molecule has 0 aliphatic heterocycles. The number of anilines is 2. The van der Waals surface area contributed by atoms with E-state index in [0.29, 0.717) is 17.9 Å². The van der Waals surface area contributed by atoms with Crippen LogP contribution in [-0.2, 0) is 0 Å². The average molecular weight is 327 g/mol. The van der Waals surface area contributed by atoms with Gasteiger partial charge in [-0.05, 0) is 56.9 Å². The SMILES string of the molecule is C[C@H](Nc1ccc(NC(=O)NC2CC2)cc1)c1nc(C2CC2)no1. The van der Waals surface area contributed by atoms with E-state index in [1.165, 1.54) is 0 Å². The van der Waals surface area contributed by atoms with Crippen molar-refractivity contribution in [1.82, 2.24) is 15.5 Å². The maximum absolute atomic E-state index is 11.7. The summed E-state index contributed by atoms with van der Waals surface area (Å²) >= 11 is 0. The first-order valence-electron chi connectivity index (χ1n) is 8.45. The lowest BCUT2D eigenvalue weighted by molar-refractivity contribution is 0.251. The van der Waals surface area contributed by atoms with Gasteiger partial charge in [-0.15, -0.1) is 0 Å². The highest BCUT2D eigenvalue weighted by molar-refractivity contribution is 5.89. The molecule has 2 saturated carbocycles. The number of amides is 2. The summed E-state index contributed by atoms with van der Waals surface area (Å²) in [5, 5.41) is 13.1. The van der Waals surface area contributed by atoms with Gasteiger partial charge in [0.1, 0.15) is 6.04 Å². The van der Waals surface area contributed by atoms with Crippen molar-refractivity contribution in [2.24, 2.45) is 0 Å². The standard InChI is InChI=1S/C17H21N5O2/c1-10(16-21-15(22-24-16)11-2-3-11)18-12-4-6-13(7-5-12)19-17(23)20-14-8-9-14/h4-7,10-11,14,18H,2-3,8-9H2,1H3,(H2,19,20,23)/t10-/m0/s1. The highest BCUT2D eigenvalue weighted by Gasteiger charge is 2.29. The van der Waals surface area contributed by atoms with Crippen molar-refractivity contribution in [2.45, 2.75) is 50.6 Å². The minimum atomic E-state index is -0.148. The molecular formula is C17H21N5O2. The van der Waals surface area contributed by atoms with Gasteiger partial charge in [-0.3, -0.25) is 0 Å². The lowest BCUT2D eigenvalue weighted by atomic mass is 10.2. The van der Waals surface area contributed by atoms with Crippen LogP contribution in [0.3, 0.4) is 0 Å². The Labute approximate surface area is 140 Å². The van der Waals surface area contributed by atoms with Gasteiger partial charge < -0.3 is 20.5 Å². The van der Waals surface area contributed by atoms with Crippen molar-refractivity contribution >= 4 is 17.4 Å². The lowest BCUT2D eigenvalue weighted by Gasteiger charge is -2.12. The Hall–Kier alpha value is -2.57. The number of rotatable bonds is 6. The normalized spacial score (nSPS) is 18.0. The summed E-state index contributed by atoms with van der Waals surface area (Å²) in [6.07, 6.45) is 4.46. The molecule has 7 nitrogen and oxygen atoms in total. The van der Waals surface area contributed by atoms with Gasteiger partial charge in [0.05, 0.1) is 0 Å². The van der Waals surface area contributed by atoms with Crippen molar-refractivity contribution in [3.8, 4) is 0 Å². The fraction of sp³-hybridized carbons (Fsp3) is 0.471. The van der Waals surface area contributed by atoms with Crippen LogP contribution < -0.4 is 16.0 Å². The Balaban J connectivity index is 1.32. The van der Waals surface area contributed by atoms with Crippen LogP contribution in [0.4, 0.5) is 16.2 Å². The molecule has 1 heterocycles. The van der Waals surface area contributed by atoms with Crippen molar-refractivity contribution in [2.75, 3.05) is 10.6 Å². The Morgan fingerprint density at radius 1 is 1.17 bits per heavy atom. The predicted molar refractivity (Wildman–Crippen MR) is 89.9 cm³/mol. The quantitative estimate of drug-likeness (QED) is 0.756. The monoisotopic (exact) mass is 327 g/mol. The highest BCUT2D eigenvalue weighted by atomic mass is 16.5. The summed E-state index contributed by atoms with van der Waals surface area (Å²) in [4.78, 5) is 16.2. The number of carbonyl (C=O) groups is 1. The van der Waals surface area contributed by atoms with E-state index in [0.717, 1.165) is 42.9 Å². The summed E-state index contributed by atoms with van der Waals surface area (Å²) in [5.41, 5.74) is 1.70. The first-order chi connectivity index (χ1) is 11.7. The molecule has 2 fully saturated rings. The van der Waals surface area contributed by atoms with Gasteiger partial charge in [0.25, 0.3) is 0 Å². The summed E-state index contributed by atoms with van der Waals surface area (Å²) in [6, 6.07) is 7.70. The first kappa shape index (κ1) is 15.0. The Morgan fingerprint density at radius 2 is 1.88 bits per heavy atom. The number of aromatic nitrogens is 2. The molecular weight excluding hydrogens is 306 g/mol. The summed E-state index contributed by atoms with van der Waals surface area (Å²) in [7, 11) is 0. The van der Waals surface area contributed by atoms with Crippen LogP contribution >= 0.6 is 0 Å². The molecule has 0 saturated heterocycles. The number of nitrogens with zero attached hydrogens (tertiary/aromatic N) is 2. The van der Waals surface area contributed by atoms with E-state index in [-0.39, 0.29) is 12.1 Å². The maximum atomic E-state index is 11.7. The Morgan fingerprint density at radius 3 is 2.54 bits per heavy atom. The lowest BCUT2D eigenvalue weighted by Crippen LogP contribution is -2.30. The molecule has 24 heavy (non-hydrogen) atoms. The number of urea groups is 1. The summed E-state index contributed by atoms with van der Waals surface area (Å²) in [6.45, 7) is 1.99. The molecule has 126 valence electrons. The predicted octanol–water partition coefficient (Wildman–Crippen LogP) is 3.40. The second-order valence-electron chi connectivity index (χ2n) is 6.58. The number of carbonyl (C=O) groups excluding carboxylic acids is 1. The average Bonchev–Trinajstić information content (AvgIpc) is 3.50. The molecule has 2 aliphatic carbocycles. The molecule has 2 amide bonds. The highest BCUT2D eigenvalue weighted by Crippen LogP contribution is 2.38. The number of nitrogens with one attached hydrogen (secondary N) is 3. The number of benzene rings is 1. The van der Waals surface area contributed by atoms with E-state index in [1.807, 2.05) is 31.2 Å². The van der Waals surface area contributed by atoms with Crippen LogP contribution in [0.5, 0.6) is 0 Å². The Kier molecular flexibility index (Phi) is 3.84. The molecule has 1 aromatic heterocycles. The molecule has 3 N–H and O–H groups in total. The van der Waals surface area contributed by atoms with E-state index in [4.69, 9.17) is 4.52 Å². The second-order valence-corrected chi connectivity index (χ2v) is 6.58. The van der Waals surface area contributed by atoms with E-state index in [9.17, 15) is 4.79 Å². The first-order valence-corrected chi connectivity index (χ1v) is 8.45. The van der Waals surface area contributed by atoms with Crippen molar-refractivity contribution < 1.29 is 9.32 Å². The third-order valence-electron chi connectivity index (χ3n) is 4.21. The molecule has 1 atom stereocenters. The molecule has 2 aromatic rings. The van der Waals surface area contributed by atoms with Crippen molar-refractivity contribution in [3.05, 3.63) is 36.0 Å². The van der Waals surface area contributed by atoms with Gasteiger partial charge in [0.2, 0.25) is 5.89 Å². The third-order valence-corrected chi connectivity index (χ3v) is 4.21. The van der Waals surface area contributed by atoms with Crippen LogP contribution in [0, 0.1) is 0 Å². The smallest absolute Gasteiger partial charge is 0.319 e.